The lowest BCUT2D eigenvalue weighted by atomic mass is 9.79. The molecule has 0 N–H and O–H groups in total. The Bertz CT molecular complexity index is 1560. The number of pyridine rings is 1. The quantitative estimate of drug-likeness (QED) is 0.451. The fourth-order valence-corrected chi connectivity index (χ4v) is 6.42. The molecule has 8 nitrogen and oxygen atoms in total. The van der Waals surface area contributed by atoms with E-state index in [9.17, 15) is 18.8 Å². The molecule has 6 rings (SSSR count). The van der Waals surface area contributed by atoms with Crippen LogP contribution in [0.15, 0.2) is 31.0 Å². The molecule has 0 unspecified atom stereocenters. The Balaban J connectivity index is 1.54. The third kappa shape index (κ3) is 3.98. The van der Waals surface area contributed by atoms with Crippen LogP contribution in [0.5, 0.6) is 0 Å². The first kappa shape index (κ1) is 25.4. The van der Waals surface area contributed by atoms with Crippen LogP contribution in [0.4, 0.5) is 14.6 Å². The van der Waals surface area contributed by atoms with Crippen LogP contribution in [0.2, 0.25) is 0 Å². The summed E-state index contributed by atoms with van der Waals surface area (Å²) in [6, 6.07) is 6.04. The van der Waals surface area contributed by atoms with E-state index in [1.807, 2.05) is 26.8 Å². The van der Waals surface area contributed by atoms with Gasteiger partial charge in [0.05, 0.1) is 29.6 Å². The summed E-state index contributed by atoms with van der Waals surface area (Å²) in [6.07, 6.45) is 4.16. The first-order valence-electron chi connectivity index (χ1n) is 13.1. The molecule has 2 fully saturated rings. The van der Waals surface area contributed by atoms with Crippen LogP contribution in [-0.4, -0.2) is 57.4 Å². The number of halogens is 2. The second-order valence-corrected chi connectivity index (χ2v) is 11.6. The lowest BCUT2D eigenvalue weighted by Crippen LogP contribution is -2.59. The zero-order valence-electron chi connectivity index (χ0n) is 22.3. The van der Waals surface area contributed by atoms with Gasteiger partial charge in [0.15, 0.2) is 0 Å². The summed E-state index contributed by atoms with van der Waals surface area (Å²) < 4.78 is 35.1. The number of anilines is 1. The van der Waals surface area contributed by atoms with E-state index in [1.54, 1.807) is 11.0 Å². The Hall–Kier alpha value is -3.84. The standard InChI is InChI=1S/C29H30F2N6O2/c1-5-22(38)36-15-29(16-36)8-9-35(14-29)26-19(11-32)24(20-13-39-28(3,4)10-21(20)34-26)23-17(2)6-7-18-12-33-37(25(18)23)27(30)31/h5-7,12,27H,1,8-10,13-16H2,2-4H3. The van der Waals surface area contributed by atoms with Crippen LogP contribution < -0.4 is 4.90 Å². The second-order valence-electron chi connectivity index (χ2n) is 11.6. The number of rotatable bonds is 4. The normalized spacial score (nSPS) is 19.3. The summed E-state index contributed by atoms with van der Waals surface area (Å²) >= 11 is 0. The number of likely N-dealkylation sites (tertiary alicyclic amines) is 1. The van der Waals surface area contributed by atoms with Gasteiger partial charge in [0.2, 0.25) is 5.91 Å². The lowest BCUT2D eigenvalue weighted by molar-refractivity contribution is -0.136. The highest BCUT2D eigenvalue weighted by Gasteiger charge is 2.49. The fraction of sp³-hybridized carbons (Fsp3) is 0.448. The maximum Gasteiger partial charge on any atom is 0.333 e. The number of hydrogen-bond donors (Lipinski definition) is 0. The molecule has 2 aromatic heterocycles. The number of nitrogens with zero attached hydrogens (tertiary/aromatic N) is 6. The molecule has 1 spiro atoms. The third-order valence-corrected chi connectivity index (χ3v) is 8.36. The van der Waals surface area contributed by atoms with E-state index in [4.69, 9.17) is 9.72 Å². The highest BCUT2D eigenvalue weighted by atomic mass is 19.3. The summed E-state index contributed by atoms with van der Waals surface area (Å²) in [5, 5.41) is 15.1. The number of nitriles is 1. The van der Waals surface area contributed by atoms with Gasteiger partial charge < -0.3 is 14.5 Å². The number of amides is 1. The predicted molar refractivity (Wildman–Crippen MR) is 142 cm³/mol. The molecule has 39 heavy (non-hydrogen) atoms. The van der Waals surface area contributed by atoms with Gasteiger partial charge in [0.1, 0.15) is 17.5 Å². The van der Waals surface area contributed by atoms with Crippen molar-refractivity contribution in [3.8, 4) is 17.2 Å². The van der Waals surface area contributed by atoms with Gasteiger partial charge in [-0.15, -0.1) is 0 Å². The van der Waals surface area contributed by atoms with Crippen molar-refractivity contribution in [2.24, 2.45) is 5.41 Å². The maximum atomic E-state index is 14.1. The molecule has 1 aromatic carbocycles. The highest BCUT2D eigenvalue weighted by Crippen LogP contribution is 2.46. The van der Waals surface area contributed by atoms with Gasteiger partial charge in [-0.05, 0) is 38.8 Å². The smallest absolute Gasteiger partial charge is 0.333 e. The lowest BCUT2D eigenvalue weighted by Gasteiger charge is -2.47. The minimum Gasteiger partial charge on any atom is -0.370 e. The summed E-state index contributed by atoms with van der Waals surface area (Å²) in [5.74, 6) is 0.487. The number of carbonyl (C=O) groups is 1. The summed E-state index contributed by atoms with van der Waals surface area (Å²) in [7, 11) is 0. The van der Waals surface area contributed by atoms with Crippen molar-refractivity contribution in [3.63, 3.8) is 0 Å². The van der Waals surface area contributed by atoms with Crippen molar-refractivity contribution in [2.45, 2.75) is 52.4 Å². The fourth-order valence-electron chi connectivity index (χ4n) is 6.42. The van der Waals surface area contributed by atoms with Crippen molar-refractivity contribution in [2.75, 3.05) is 31.1 Å². The SMILES string of the molecule is C=CC(=O)N1CC2(CCN(c3nc4c(c(-c5c(C)ccc6cnn(C(F)F)c56)c3C#N)COC(C)(C)C4)C2)C1. The van der Waals surface area contributed by atoms with E-state index in [0.717, 1.165) is 27.9 Å². The van der Waals surface area contributed by atoms with Gasteiger partial charge in [-0.2, -0.15) is 19.1 Å². The average molecular weight is 533 g/mol. The topological polar surface area (TPSA) is 87.3 Å². The second kappa shape index (κ2) is 8.85. The molecule has 3 aliphatic rings. The van der Waals surface area contributed by atoms with E-state index in [-0.39, 0.29) is 17.9 Å². The molecule has 0 bridgehead atoms. The van der Waals surface area contributed by atoms with Gasteiger partial charge in [0, 0.05) is 60.1 Å². The molecular formula is C29H30F2N6O2. The molecule has 202 valence electrons. The number of hydrogen-bond acceptors (Lipinski definition) is 6. The van der Waals surface area contributed by atoms with Crippen molar-refractivity contribution in [1.82, 2.24) is 19.7 Å². The van der Waals surface area contributed by atoms with Crippen molar-refractivity contribution < 1.29 is 18.3 Å². The first-order chi connectivity index (χ1) is 18.6. The number of aromatic nitrogens is 3. The minimum atomic E-state index is -2.83. The van der Waals surface area contributed by atoms with E-state index in [0.29, 0.717) is 66.0 Å². The number of alkyl halides is 2. The summed E-state index contributed by atoms with van der Waals surface area (Å²) in [6.45, 7) is 9.46. The number of carbonyl (C=O) groups excluding carboxylic acids is 1. The van der Waals surface area contributed by atoms with Crippen LogP contribution in [0.1, 0.15) is 49.2 Å². The Kier molecular flexibility index (Phi) is 5.77. The van der Waals surface area contributed by atoms with E-state index >= 15 is 0 Å². The Morgan fingerprint density at radius 3 is 2.72 bits per heavy atom. The van der Waals surface area contributed by atoms with Gasteiger partial charge in [-0.1, -0.05) is 18.7 Å². The molecule has 5 heterocycles. The Morgan fingerprint density at radius 2 is 2.03 bits per heavy atom. The zero-order chi connectivity index (χ0) is 27.7. The van der Waals surface area contributed by atoms with Crippen molar-refractivity contribution >= 4 is 22.6 Å². The number of benzene rings is 1. The summed E-state index contributed by atoms with van der Waals surface area (Å²) in [5.41, 5.74) is 3.62. The van der Waals surface area contributed by atoms with Gasteiger partial charge in [-0.25, -0.2) is 9.67 Å². The number of fused-ring (bicyclic) bond motifs is 2. The highest BCUT2D eigenvalue weighted by molar-refractivity contribution is 5.99. The van der Waals surface area contributed by atoms with Crippen molar-refractivity contribution in [1.29, 1.82) is 5.26 Å². The Labute approximate surface area is 225 Å². The zero-order valence-corrected chi connectivity index (χ0v) is 22.3. The molecule has 0 radical (unpaired) electrons. The molecule has 0 aliphatic carbocycles. The van der Waals surface area contributed by atoms with Crippen LogP contribution in [0.3, 0.4) is 0 Å². The van der Waals surface area contributed by atoms with E-state index < -0.39 is 12.2 Å². The van der Waals surface area contributed by atoms with Gasteiger partial charge >= 0.3 is 6.55 Å². The minimum absolute atomic E-state index is 0.0598. The molecule has 0 atom stereocenters. The average Bonchev–Trinajstić information content (AvgIpc) is 3.51. The molecule has 3 aliphatic heterocycles. The van der Waals surface area contributed by atoms with Crippen LogP contribution in [0, 0.1) is 23.7 Å². The van der Waals surface area contributed by atoms with Crippen LogP contribution in [-0.2, 0) is 22.6 Å². The molecule has 1 amide bonds. The van der Waals surface area contributed by atoms with E-state index in [2.05, 4.69) is 22.6 Å². The number of ether oxygens (including phenoxy) is 1. The molecule has 0 saturated carbocycles. The van der Waals surface area contributed by atoms with E-state index in [1.165, 1.54) is 12.3 Å². The molecule has 3 aromatic rings. The number of aryl methyl sites for hydroxylation is 1. The Morgan fingerprint density at radius 1 is 1.26 bits per heavy atom. The van der Waals surface area contributed by atoms with Crippen molar-refractivity contribution in [3.05, 3.63) is 53.4 Å². The maximum absolute atomic E-state index is 14.1. The molecule has 10 heteroatoms. The third-order valence-electron chi connectivity index (χ3n) is 8.36. The van der Waals surface area contributed by atoms with Gasteiger partial charge in [0.25, 0.3) is 0 Å². The van der Waals surface area contributed by atoms with Crippen LogP contribution in [0.25, 0.3) is 22.0 Å². The molecule has 2 saturated heterocycles. The molecular weight excluding hydrogens is 502 g/mol. The largest absolute Gasteiger partial charge is 0.370 e. The first-order valence-corrected chi connectivity index (χ1v) is 13.1. The predicted octanol–water partition coefficient (Wildman–Crippen LogP) is 4.75. The van der Waals surface area contributed by atoms with Gasteiger partial charge in [-0.3, -0.25) is 4.79 Å². The van der Waals surface area contributed by atoms with Crippen LogP contribution >= 0.6 is 0 Å². The summed E-state index contributed by atoms with van der Waals surface area (Å²) in [4.78, 5) is 21.0. The monoisotopic (exact) mass is 532 g/mol.